The molecule has 0 fully saturated rings. The summed E-state index contributed by atoms with van der Waals surface area (Å²) >= 11 is 0. The zero-order valence-electron chi connectivity index (χ0n) is 9.75. The zero-order chi connectivity index (χ0) is 11.8. The molecular weight excluding hydrogens is 204 g/mol. The fourth-order valence-corrected chi connectivity index (χ4v) is 1.34. The Hall–Kier alpha value is -1.71. The third kappa shape index (κ3) is 4.21. The number of amides is 2. The van der Waals surface area contributed by atoms with Gasteiger partial charge in [-0.15, -0.1) is 0 Å². The number of methoxy groups -OCH3 is 1. The summed E-state index contributed by atoms with van der Waals surface area (Å²) in [5.41, 5.74) is 1.18. The highest BCUT2D eigenvalue weighted by atomic mass is 16.5. The van der Waals surface area contributed by atoms with Gasteiger partial charge in [-0.2, -0.15) is 0 Å². The van der Waals surface area contributed by atoms with Crippen molar-refractivity contribution in [2.75, 3.05) is 20.2 Å². The van der Waals surface area contributed by atoms with Crippen molar-refractivity contribution in [3.8, 4) is 5.75 Å². The topological polar surface area (TPSA) is 50.4 Å². The quantitative estimate of drug-likeness (QED) is 0.794. The van der Waals surface area contributed by atoms with Crippen molar-refractivity contribution in [2.45, 2.75) is 13.3 Å². The normalized spacial score (nSPS) is 9.62. The molecule has 1 aromatic rings. The number of ether oxygens (including phenoxy) is 1. The molecule has 0 saturated carbocycles. The molecule has 0 spiro atoms. The molecule has 4 heteroatoms. The molecule has 0 unspecified atom stereocenters. The third-order valence-electron chi connectivity index (χ3n) is 2.20. The number of urea groups is 1. The summed E-state index contributed by atoms with van der Waals surface area (Å²) in [5.74, 6) is 0.848. The predicted octanol–water partition coefficient (Wildman–Crippen LogP) is 1.56. The lowest BCUT2D eigenvalue weighted by Gasteiger charge is -2.06. The summed E-state index contributed by atoms with van der Waals surface area (Å²) in [6.07, 6.45) is 0.821. The lowest BCUT2D eigenvalue weighted by atomic mass is 10.1. The minimum atomic E-state index is -0.115. The summed E-state index contributed by atoms with van der Waals surface area (Å²) in [5, 5.41) is 5.46. The summed E-state index contributed by atoms with van der Waals surface area (Å²) in [7, 11) is 1.64. The van der Waals surface area contributed by atoms with Crippen LogP contribution in [0, 0.1) is 0 Å². The van der Waals surface area contributed by atoms with Crippen molar-refractivity contribution in [1.29, 1.82) is 0 Å². The van der Waals surface area contributed by atoms with Crippen molar-refractivity contribution in [1.82, 2.24) is 10.6 Å². The van der Waals surface area contributed by atoms with Crippen molar-refractivity contribution in [3.05, 3.63) is 29.8 Å². The van der Waals surface area contributed by atoms with Crippen LogP contribution in [-0.4, -0.2) is 26.2 Å². The van der Waals surface area contributed by atoms with Crippen molar-refractivity contribution in [2.24, 2.45) is 0 Å². The van der Waals surface area contributed by atoms with Crippen LogP contribution in [-0.2, 0) is 6.42 Å². The van der Waals surface area contributed by atoms with Gasteiger partial charge in [0.1, 0.15) is 5.75 Å². The minimum Gasteiger partial charge on any atom is -0.497 e. The molecule has 88 valence electrons. The first-order valence-corrected chi connectivity index (χ1v) is 5.41. The molecule has 0 aliphatic rings. The Morgan fingerprint density at radius 2 is 1.94 bits per heavy atom. The SMILES string of the molecule is CCNC(=O)NCCc1ccc(OC)cc1. The number of carbonyl (C=O) groups is 1. The van der Waals surface area contributed by atoms with E-state index in [1.165, 1.54) is 5.56 Å². The van der Waals surface area contributed by atoms with E-state index in [0.29, 0.717) is 13.1 Å². The highest BCUT2D eigenvalue weighted by molar-refractivity contribution is 5.73. The van der Waals surface area contributed by atoms with E-state index in [1.807, 2.05) is 31.2 Å². The van der Waals surface area contributed by atoms with Gasteiger partial charge in [0.2, 0.25) is 0 Å². The lowest BCUT2D eigenvalue weighted by molar-refractivity contribution is 0.241. The van der Waals surface area contributed by atoms with Crippen molar-refractivity contribution in [3.63, 3.8) is 0 Å². The van der Waals surface area contributed by atoms with E-state index in [-0.39, 0.29) is 6.03 Å². The average Bonchev–Trinajstić information content (AvgIpc) is 2.30. The molecule has 0 saturated heterocycles. The van der Waals surface area contributed by atoms with Gasteiger partial charge in [0, 0.05) is 13.1 Å². The van der Waals surface area contributed by atoms with Crippen LogP contribution in [0.3, 0.4) is 0 Å². The summed E-state index contributed by atoms with van der Waals surface area (Å²) in [4.78, 5) is 11.1. The molecule has 0 heterocycles. The van der Waals surface area contributed by atoms with Gasteiger partial charge in [-0.1, -0.05) is 12.1 Å². The molecule has 2 amide bonds. The van der Waals surface area contributed by atoms with Crippen LogP contribution in [0.1, 0.15) is 12.5 Å². The van der Waals surface area contributed by atoms with Gasteiger partial charge in [0.05, 0.1) is 7.11 Å². The lowest BCUT2D eigenvalue weighted by Crippen LogP contribution is -2.36. The summed E-state index contributed by atoms with van der Waals surface area (Å²) in [6.45, 7) is 3.18. The first-order chi connectivity index (χ1) is 7.76. The van der Waals surface area contributed by atoms with Gasteiger partial charge in [0.15, 0.2) is 0 Å². The molecule has 2 N–H and O–H groups in total. The van der Waals surface area contributed by atoms with Gasteiger partial charge in [-0.25, -0.2) is 4.79 Å². The number of benzene rings is 1. The van der Waals surface area contributed by atoms with E-state index in [1.54, 1.807) is 7.11 Å². The van der Waals surface area contributed by atoms with Crippen LogP contribution in [0.4, 0.5) is 4.79 Å². The maximum absolute atomic E-state index is 11.1. The molecule has 0 aliphatic carbocycles. The molecular formula is C12H18N2O2. The Bertz CT molecular complexity index is 322. The molecule has 0 aromatic heterocycles. The number of rotatable bonds is 5. The summed E-state index contributed by atoms with van der Waals surface area (Å²) in [6, 6.07) is 7.72. The van der Waals surface area contributed by atoms with Crippen molar-refractivity contribution >= 4 is 6.03 Å². The Labute approximate surface area is 96.0 Å². The minimum absolute atomic E-state index is 0.115. The van der Waals surface area contributed by atoms with Crippen LogP contribution in [0.25, 0.3) is 0 Å². The van der Waals surface area contributed by atoms with E-state index >= 15 is 0 Å². The van der Waals surface area contributed by atoms with Gasteiger partial charge in [-0.3, -0.25) is 0 Å². The molecule has 0 atom stereocenters. The highest BCUT2D eigenvalue weighted by Gasteiger charge is 1.98. The second kappa shape index (κ2) is 6.71. The summed E-state index contributed by atoms with van der Waals surface area (Å²) < 4.78 is 5.06. The van der Waals surface area contributed by atoms with E-state index < -0.39 is 0 Å². The third-order valence-corrected chi connectivity index (χ3v) is 2.20. The maximum Gasteiger partial charge on any atom is 0.314 e. The van der Waals surface area contributed by atoms with Crippen LogP contribution < -0.4 is 15.4 Å². The van der Waals surface area contributed by atoms with Gasteiger partial charge >= 0.3 is 6.03 Å². The molecule has 0 bridgehead atoms. The second-order valence-electron chi connectivity index (χ2n) is 3.38. The fourth-order valence-electron chi connectivity index (χ4n) is 1.34. The smallest absolute Gasteiger partial charge is 0.314 e. The average molecular weight is 222 g/mol. The number of nitrogens with one attached hydrogen (secondary N) is 2. The number of carbonyl (C=O) groups excluding carboxylic acids is 1. The Morgan fingerprint density at radius 3 is 2.50 bits per heavy atom. The standard InChI is InChI=1S/C12H18N2O2/c1-3-13-12(15)14-9-8-10-4-6-11(16-2)7-5-10/h4-7H,3,8-9H2,1-2H3,(H2,13,14,15). The molecule has 1 rings (SSSR count). The number of hydrogen-bond donors (Lipinski definition) is 2. The largest absolute Gasteiger partial charge is 0.497 e. The van der Waals surface area contributed by atoms with Gasteiger partial charge in [0.25, 0.3) is 0 Å². The fraction of sp³-hybridized carbons (Fsp3) is 0.417. The molecule has 1 aromatic carbocycles. The Balaban J connectivity index is 2.29. The van der Waals surface area contributed by atoms with E-state index in [9.17, 15) is 4.79 Å². The van der Waals surface area contributed by atoms with E-state index in [2.05, 4.69) is 10.6 Å². The molecule has 0 aliphatic heterocycles. The molecule has 4 nitrogen and oxygen atoms in total. The molecule has 16 heavy (non-hydrogen) atoms. The van der Waals surface area contributed by atoms with Crippen LogP contribution in [0.15, 0.2) is 24.3 Å². The second-order valence-corrected chi connectivity index (χ2v) is 3.38. The van der Waals surface area contributed by atoms with Gasteiger partial charge < -0.3 is 15.4 Å². The van der Waals surface area contributed by atoms with Gasteiger partial charge in [-0.05, 0) is 31.0 Å². The first kappa shape index (κ1) is 12.4. The van der Waals surface area contributed by atoms with E-state index in [0.717, 1.165) is 12.2 Å². The Morgan fingerprint density at radius 1 is 1.25 bits per heavy atom. The molecule has 0 radical (unpaired) electrons. The Kier molecular flexibility index (Phi) is 5.19. The zero-order valence-corrected chi connectivity index (χ0v) is 9.75. The van der Waals surface area contributed by atoms with Crippen LogP contribution >= 0.6 is 0 Å². The van der Waals surface area contributed by atoms with E-state index in [4.69, 9.17) is 4.74 Å². The number of hydrogen-bond acceptors (Lipinski definition) is 2. The van der Waals surface area contributed by atoms with Crippen LogP contribution in [0.5, 0.6) is 5.75 Å². The monoisotopic (exact) mass is 222 g/mol. The van der Waals surface area contributed by atoms with Crippen LogP contribution in [0.2, 0.25) is 0 Å². The first-order valence-electron chi connectivity index (χ1n) is 5.41. The maximum atomic E-state index is 11.1. The highest BCUT2D eigenvalue weighted by Crippen LogP contribution is 2.11. The van der Waals surface area contributed by atoms with Crippen molar-refractivity contribution < 1.29 is 9.53 Å². The predicted molar refractivity (Wildman–Crippen MR) is 63.8 cm³/mol.